The summed E-state index contributed by atoms with van der Waals surface area (Å²) >= 11 is 0. The molecule has 0 unspecified atom stereocenters. The van der Waals surface area contributed by atoms with Crippen LogP contribution in [0.15, 0.2) is 18.3 Å². The van der Waals surface area contributed by atoms with Gasteiger partial charge in [-0.2, -0.15) is 0 Å². The Kier molecular flexibility index (Phi) is 4.81. The summed E-state index contributed by atoms with van der Waals surface area (Å²) in [5, 5.41) is 3.41. The maximum atomic E-state index is 4.63. The summed E-state index contributed by atoms with van der Waals surface area (Å²) in [4.78, 5) is 7.10. The summed E-state index contributed by atoms with van der Waals surface area (Å²) in [7, 11) is 0. The predicted molar refractivity (Wildman–Crippen MR) is 81.5 cm³/mol. The smallest absolute Gasteiger partial charge is 0.133 e. The van der Waals surface area contributed by atoms with E-state index in [1.54, 1.807) is 0 Å². The zero-order valence-electron chi connectivity index (χ0n) is 12.6. The summed E-state index contributed by atoms with van der Waals surface area (Å²) < 4.78 is 0. The molecule has 3 nitrogen and oxygen atoms in total. The maximum Gasteiger partial charge on any atom is 0.133 e. The zero-order valence-corrected chi connectivity index (χ0v) is 12.6. The number of nitrogens with zero attached hydrogens (tertiary/aromatic N) is 2. The SMILES string of the molecule is CCNCc1cccnc1N1CCCC(C)(C)CC1. The van der Waals surface area contributed by atoms with Crippen LogP contribution in [-0.4, -0.2) is 24.6 Å². The van der Waals surface area contributed by atoms with E-state index >= 15 is 0 Å². The van der Waals surface area contributed by atoms with Crippen molar-refractivity contribution in [2.45, 2.75) is 46.6 Å². The van der Waals surface area contributed by atoms with Gasteiger partial charge in [0.05, 0.1) is 0 Å². The minimum Gasteiger partial charge on any atom is -0.356 e. The van der Waals surface area contributed by atoms with E-state index in [0.717, 1.165) is 26.2 Å². The quantitative estimate of drug-likeness (QED) is 0.902. The van der Waals surface area contributed by atoms with Crippen LogP contribution in [0.5, 0.6) is 0 Å². The van der Waals surface area contributed by atoms with Crippen molar-refractivity contribution < 1.29 is 0 Å². The van der Waals surface area contributed by atoms with E-state index in [1.807, 2.05) is 12.3 Å². The average Bonchev–Trinajstić information content (AvgIpc) is 2.58. The largest absolute Gasteiger partial charge is 0.356 e. The second-order valence-corrected chi connectivity index (χ2v) is 6.27. The lowest BCUT2D eigenvalue weighted by Gasteiger charge is -2.25. The molecule has 0 amide bonds. The highest BCUT2D eigenvalue weighted by atomic mass is 15.2. The van der Waals surface area contributed by atoms with Gasteiger partial charge >= 0.3 is 0 Å². The number of rotatable bonds is 4. The van der Waals surface area contributed by atoms with Gasteiger partial charge in [0.25, 0.3) is 0 Å². The topological polar surface area (TPSA) is 28.2 Å². The van der Waals surface area contributed by atoms with Crippen LogP contribution in [0.1, 0.15) is 45.6 Å². The van der Waals surface area contributed by atoms with Gasteiger partial charge in [0.2, 0.25) is 0 Å². The Balaban J connectivity index is 2.12. The highest BCUT2D eigenvalue weighted by Gasteiger charge is 2.24. The second-order valence-electron chi connectivity index (χ2n) is 6.27. The van der Waals surface area contributed by atoms with Crippen LogP contribution in [0.2, 0.25) is 0 Å². The van der Waals surface area contributed by atoms with Crippen LogP contribution in [0.25, 0.3) is 0 Å². The molecule has 0 bridgehead atoms. The zero-order chi connectivity index (χ0) is 13.7. The minimum absolute atomic E-state index is 0.478. The summed E-state index contributed by atoms with van der Waals surface area (Å²) in [6, 6.07) is 4.24. The molecule has 0 atom stereocenters. The fourth-order valence-electron chi connectivity index (χ4n) is 2.75. The van der Waals surface area contributed by atoms with Crippen LogP contribution >= 0.6 is 0 Å². The number of aromatic nitrogens is 1. The number of anilines is 1. The number of hydrogen-bond acceptors (Lipinski definition) is 3. The van der Waals surface area contributed by atoms with Gasteiger partial charge in [-0.15, -0.1) is 0 Å². The molecule has 1 aliphatic heterocycles. The molecule has 1 aromatic rings. The van der Waals surface area contributed by atoms with Crippen molar-refractivity contribution in [3.63, 3.8) is 0 Å². The third-order valence-corrected chi connectivity index (χ3v) is 4.07. The monoisotopic (exact) mass is 261 g/mol. The Labute approximate surface area is 117 Å². The van der Waals surface area contributed by atoms with Gasteiger partial charge in [-0.25, -0.2) is 4.98 Å². The van der Waals surface area contributed by atoms with Crippen LogP contribution < -0.4 is 10.2 Å². The van der Waals surface area contributed by atoms with Crippen molar-refractivity contribution in [1.29, 1.82) is 0 Å². The first-order valence-corrected chi connectivity index (χ1v) is 7.52. The molecule has 1 aromatic heterocycles. The van der Waals surface area contributed by atoms with Crippen molar-refractivity contribution in [2.75, 3.05) is 24.5 Å². The van der Waals surface area contributed by atoms with E-state index in [-0.39, 0.29) is 0 Å². The Bertz CT molecular complexity index is 401. The first-order valence-electron chi connectivity index (χ1n) is 7.52. The Morgan fingerprint density at radius 2 is 2.16 bits per heavy atom. The lowest BCUT2D eigenvalue weighted by molar-refractivity contribution is 0.325. The Hall–Kier alpha value is -1.09. The van der Waals surface area contributed by atoms with Crippen molar-refractivity contribution in [3.05, 3.63) is 23.9 Å². The van der Waals surface area contributed by atoms with E-state index in [4.69, 9.17) is 0 Å². The van der Waals surface area contributed by atoms with Gasteiger partial charge in [0.15, 0.2) is 0 Å². The first-order chi connectivity index (χ1) is 9.12. The molecule has 0 spiro atoms. The lowest BCUT2D eigenvalue weighted by atomic mass is 9.85. The van der Waals surface area contributed by atoms with Gasteiger partial charge in [0, 0.05) is 31.4 Å². The second kappa shape index (κ2) is 6.38. The van der Waals surface area contributed by atoms with Gasteiger partial charge in [0.1, 0.15) is 5.82 Å². The normalized spacial score (nSPS) is 19.2. The number of pyridine rings is 1. The molecular formula is C16H27N3. The average molecular weight is 261 g/mol. The standard InChI is InChI=1S/C16H27N3/c1-4-17-13-14-7-5-10-18-15(14)19-11-6-8-16(2,3)9-12-19/h5,7,10,17H,4,6,8-9,11-13H2,1-3H3. The molecule has 0 aromatic carbocycles. The van der Waals surface area contributed by atoms with Crippen LogP contribution in [0.4, 0.5) is 5.82 Å². The highest BCUT2D eigenvalue weighted by Crippen LogP contribution is 2.31. The van der Waals surface area contributed by atoms with E-state index in [0.29, 0.717) is 5.41 Å². The van der Waals surface area contributed by atoms with Crippen molar-refractivity contribution >= 4 is 5.82 Å². The molecule has 2 rings (SSSR count). The summed E-state index contributed by atoms with van der Waals surface area (Å²) in [6.07, 6.45) is 5.76. The van der Waals surface area contributed by atoms with Gasteiger partial charge in [-0.05, 0) is 37.3 Å². The summed E-state index contributed by atoms with van der Waals surface area (Å²) in [5.74, 6) is 1.18. The van der Waals surface area contributed by atoms with Crippen LogP contribution in [0, 0.1) is 5.41 Å². The summed E-state index contributed by atoms with van der Waals surface area (Å²) in [6.45, 7) is 11.1. The number of hydrogen-bond donors (Lipinski definition) is 1. The number of nitrogens with one attached hydrogen (secondary N) is 1. The van der Waals surface area contributed by atoms with Crippen LogP contribution in [-0.2, 0) is 6.54 Å². The molecule has 0 saturated carbocycles. The van der Waals surface area contributed by atoms with E-state index < -0.39 is 0 Å². The third-order valence-electron chi connectivity index (χ3n) is 4.07. The molecule has 1 aliphatic rings. The predicted octanol–water partition coefficient (Wildman–Crippen LogP) is 3.21. The van der Waals surface area contributed by atoms with Crippen molar-refractivity contribution in [1.82, 2.24) is 10.3 Å². The minimum atomic E-state index is 0.478. The molecule has 1 saturated heterocycles. The molecule has 0 radical (unpaired) electrons. The highest BCUT2D eigenvalue weighted by molar-refractivity contribution is 5.46. The van der Waals surface area contributed by atoms with E-state index in [2.05, 4.69) is 42.0 Å². The third kappa shape index (κ3) is 3.93. The fourth-order valence-corrected chi connectivity index (χ4v) is 2.75. The van der Waals surface area contributed by atoms with Crippen LogP contribution in [0.3, 0.4) is 0 Å². The molecule has 1 fully saturated rings. The van der Waals surface area contributed by atoms with Gasteiger partial charge in [-0.1, -0.05) is 26.8 Å². The lowest BCUT2D eigenvalue weighted by Crippen LogP contribution is -2.28. The molecule has 106 valence electrons. The van der Waals surface area contributed by atoms with Crippen molar-refractivity contribution in [3.8, 4) is 0 Å². The molecule has 3 heteroatoms. The first kappa shape index (κ1) is 14.3. The molecule has 19 heavy (non-hydrogen) atoms. The van der Waals surface area contributed by atoms with Gasteiger partial charge < -0.3 is 10.2 Å². The van der Waals surface area contributed by atoms with Crippen molar-refractivity contribution in [2.24, 2.45) is 5.41 Å². The van der Waals surface area contributed by atoms with E-state index in [1.165, 1.54) is 30.6 Å². The fraction of sp³-hybridized carbons (Fsp3) is 0.688. The maximum absolute atomic E-state index is 4.63. The van der Waals surface area contributed by atoms with Gasteiger partial charge in [-0.3, -0.25) is 0 Å². The molecule has 2 heterocycles. The van der Waals surface area contributed by atoms with E-state index in [9.17, 15) is 0 Å². The molecule has 0 aliphatic carbocycles. The molecule has 1 N–H and O–H groups in total. The summed E-state index contributed by atoms with van der Waals surface area (Å²) in [5.41, 5.74) is 1.80. The Morgan fingerprint density at radius 1 is 1.32 bits per heavy atom. The Morgan fingerprint density at radius 3 is 2.95 bits per heavy atom. The molecular weight excluding hydrogens is 234 g/mol.